The summed E-state index contributed by atoms with van der Waals surface area (Å²) in [5, 5.41) is 14.0. The van der Waals surface area contributed by atoms with Crippen LogP contribution in [-0.4, -0.2) is 5.11 Å². The molecule has 0 bridgehead atoms. The zero-order chi connectivity index (χ0) is 22.4. The van der Waals surface area contributed by atoms with Crippen LogP contribution in [0.4, 0.5) is 5.69 Å². The second-order valence-corrected chi connectivity index (χ2v) is 9.23. The number of para-hydroxylation sites is 4. The molecule has 4 rings (SSSR count). The Hall–Kier alpha value is -3.69. The van der Waals surface area contributed by atoms with Gasteiger partial charge in [0, 0.05) is 11.3 Å². The van der Waals surface area contributed by atoms with E-state index in [1.807, 2.05) is 43.3 Å². The molecule has 162 valence electrons. The highest BCUT2D eigenvalue weighted by atomic mass is 31.2. The number of benzene rings is 4. The van der Waals surface area contributed by atoms with Gasteiger partial charge in [0.25, 0.3) is 0 Å². The molecule has 0 radical (unpaired) electrons. The lowest BCUT2D eigenvalue weighted by molar-refractivity contribution is 0.374. The average Bonchev–Trinajstić information content (AvgIpc) is 2.80. The molecular weight excluding hydrogens is 421 g/mol. The zero-order valence-electron chi connectivity index (χ0n) is 17.6. The molecule has 0 aliphatic heterocycles. The van der Waals surface area contributed by atoms with Gasteiger partial charge in [-0.05, 0) is 48.9 Å². The lowest BCUT2D eigenvalue weighted by atomic mass is 10.1. The number of phenols is 1. The van der Waals surface area contributed by atoms with Crippen LogP contribution in [0.15, 0.2) is 109 Å². The summed E-state index contributed by atoms with van der Waals surface area (Å²) in [6.07, 6.45) is 0. The topological polar surface area (TPSA) is 67.8 Å². The van der Waals surface area contributed by atoms with Gasteiger partial charge in [-0.3, -0.25) is 0 Å². The number of nitrogens with one attached hydrogen (secondary N) is 1. The van der Waals surface area contributed by atoms with Gasteiger partial charge >= 0.3 is 7.60 Å². The van der Waals surface area contributed by atoms with Gasteiger partial charge in [-0.25, -0.2) is 4.57 Å². The molecule has 0 amide bonds. The molecule has 0 aliphatic carbocycles. The van der Waals surface area contributed by atoms with Gasteiger partial charge in [-0.1, -0.05) is 72.8 Å². The summed E-state index contributed by atoms with van der Waals surface area (Å²) in [5.74, 6) is -0.185. The summed E-state index contributed by atoms with van der Waals surface area (Å²) < 4.78 is 26.6. The van der Waals surface area contributed by atoms with Gasteiger partial charge in [0.15, 0.2) is 5.78 Å². The molecule has 0 fully saturated rings. The highest BCUT2D eigenvalue weighted by Gasteiger charge is 2.42. The first kappa shape index (κ1) is 21.5. The molecule has 0 spiro atoms. The van der Waals surface area contributed by atoms with Crippen LogP contribution in [0.2, 0.25) is 0 Å². The maximum atomic E-state index is 14.5. The molecule has 0 aromatic heterocycles. The Labute approximate surface area is 187 Å². The van der Waals surface area contributed by atoms with Crippen molar-refractivity contribution in [2.45, 2.75) is 12.7 Å². The molecule has 0 saturated carbocycles. The van der Waals surface area contributed by atoms with Crippen LogP contribution >= 0.6 is 7.60 Å². The zero-order valence-corrected chi connectivity index (χ0v) is 18.5. The van der Waals surface area contributed by atoms with Gasteiger partial charge < -0.3 is 19.5 Å². The van der Waals surface area contributed by atoms with Gasteiger partial charge in [-0.15, -0.1) is 0 Å². The highest BCUT2D eigenvalue weighted by Crippen LogP contribution is 2.61. The van der Waals surface area contributed by atoms with Crippen LogP contribution in [0.1, 0.15) is 16.9 Å². The Morgan fingerprint density at radius 3 is 1.78 bits per heavy atom. The van der Waals surface area contributed by atoms with Crippen LogP contribution in [0.3, 0.4) is 0 Å². The van der Waals surface area contributed by atoms with Gasteiger partial charge in [0.2, 0.25) is 0 Å². The molecular formula is C26H24NO4P. The molecule has 1 atom stereocenters. The Balaban J connectivity index is 1.84. The second kappa shape index (κ2) is 9.63. The molecule has 4 aromatic carbocycles. The Morgan fingerprint density at radius 1 is 0.719 bits per heavy atom. The van der Waals surface area contributed by atoms with E-state index in [1.54, 1.807) is 72.8 Å². The summed E-state index contributed by atoms with van der Waals surface area (Å²) in [5.41, 5.74) is 2.12. The SMILES string of the molecule is Cc1ccccc1NC(c1ccccc1O)P(=O)(Oc1ccccc1)Oc1ccccc1. The van der Waals surface area contributed by atoms with Gasteiger partial charge in [-0.2, -0.15) is 0 Å². The van der Waals surface area contributed by atoms with Crippen molar-refractivity contribution < 1.29 is 18.7 Å². The maximum absolute atomic E-state index is 14.5. The minimum absolute atomic E-state index is 0.00728. The van der Waals surface area contributed by atoms with E-state index in [4.69, 9.17) is 9.05 Å². The van der Waals surface area contributed by atoms with Crippen molar-refractivity contribution in [2.75, 3.05) is 5.32 Å². The number of aromatic hydroxyl groups is 1. The van der Waals surface area contributed by atoms with Crippen LogP contribution in [-0.2, 0) is 4.57 Å². The lowest BCUT2D eigenvalue weighted by Gasteiger charge is -2.30. The largest absolute Gasteiger partial charge is 0.508 e. The van der Waals surface area contributed by atoms with Crippen molar-refractivity contribution >= 4 is 13.3 Å². The summed E-state index contributed by atoms with van der Waals surface area (Å²) in [4.78, 5) is 0. The predicted molar refractivity (Wildman–Crippen MR) is 127 cm³/mol. The van der Waals surface area contributed by atoms with Crippen molar-refractivity contribution in [1.29, 1.82) is 0 Å². The minimum Gasteiger partial charge on any atom is -0.508 e. The summed E-state index contributed by atoms with van der Waals surface area (Å²) in [6.45, 7) is 1.95. The van der Waals surface area contributed by atoms with Crippen molar-refractivity contribution in [2.24, 2.45) is 0 Å². The van der Waals surface area contributed by atoms with E-state index in [-0.39, 0.29) is 5.75 Å². The van der Waals surface area contributed by atoms with E-state index in [2.05, 4.69) is 5.32 Å². The second-order valence-electron chi connectivity index (χ2n) is 7.27. The fraction of sp³-hybridized carbons (Fsp3) is 0.0769. The van der Waals surface area contributed by atoms with E-state index >= 15 is 0 Å². The van der Waals surface area contributed by atoms with Crippen molar-refractivity contribution in [3.05, 3.63) is 120 Å². The van der Waals surface area contributed by atoms with Crippen LogP contribution < -0.4 is 14.4 Å². The first-order chi connectivity index (χ1) is 15.5. The van der Waals surface area contributed by atoms with Crippen LogP contribution in [0.25, 0.3) is 0 Å². The van der Waals surface area contributed by atoms with E-state index in [0.717, 1.165) is 11.3 Å². The number of rotatable bonds is 8. The highest BCUT2D eigenvalue weighted by molar-refractivity contribution is 7.55. The van der Waals surface area contributed by atoms with Gasteiger partial charge in [0.05, 0.1) is 0 Å². The van der Waals surface area contributed by atoms with Gasteiger partial charge in [0.1, 0.15) is 17.2 Å². The normalized spacial score (nSPS) is 12.0. The molecule has 0 aliphatic rings. The Kier molecular flexibility index (Phi) is 6.48. The summed E-state index contributed by atoms with van der Waals surface area (Å²) in [7, 11) is -3.98. The Morgan fingerprint density at radius 2 is 1.22 bits per heavy atom. The van der Waals surface area contributed by atoms with E-state index < -0.39 is 13.4 Å². The third-order valence-electron chi connectivity index (χ3n) is 4.94. The van der Waals surface area contributed by atoms with Crippen molar-refractivity contribution in [1.82, 2.24) is 0 Å². The van der Waals surface area contributed by atoms with E-state index in [0.29, 0.717) is 17.1 Å². The molecule has 1 unspecified atom stereocenters. The van der Waals surface area contributed by atoms with E-state index in [9.17, 15) is 9.67 Å². The monoisotopic (exact) mass is 445 g/mol. The minimum atomic E-state index is -3.98. The fourth-order valence-electron chi connectivity index (χ4n) is 3.31. The number of anilines is 1. The first-order valence-electron chi connectivity index (χ1n) is 10.2. The van der Waals surface area contributed by atoms with Crippen molar-refractivity contribution in [3.8, 4) is 17.2 Å². The quantitative estimate of drug-likeness (QED) is 0.282. The predicted octanol–water partition coefficient (Wildman–Crippen LogP) is 7.16. The Bertz CT molecular complexity index is 1170. The third-order valence-corrected chi connectivity index (χ3v) is 6.91. The first-order valence-corrected chi connectivity index (χ1v) is 11.9. The molecule has 0 saturated heterocycles. The van der Waals surface area contributed by atoms with Crippen LogP contribution in [0.5, 0.6) is 17.2 Å². The number of phenolic OH excluding ortho intramolecular Hbond substituents is 1. The molecule has 2 N–H and O–H groups in total. The van der Waals surface area contributed by atoms with Crippen LogP contribution in [0, 0.1) is 6.92 Å². The molecule has 6 heteroatoms. The average molecular weight is 445 g/mol. The third kappa shape index (κ3) is 4.96. The molecule has 4 aromatic rings. The standard InChI is InChI=1S/C26H24NO4P/c1-20-12-8-10-18-24(20)27-26(23-17-9-11-19-25(23)28)32(29,30-21-13-4-2-5-14-21)31-22-15-6-3-7-16-22/h2-19,26-28H,1H3. The number of hydrogen-bond donors (Lipinski definition) is 2. The maximum Gasteiger partial charge on any atom is 0.457 e. The lowest BCUT2D eigenvalue weighted by Crippen LogP contribution is -2.18. The molecule has 0 heterocycles. The molecule has 32 heavy (non-hydrogen) atoms. The smallest absolute Gasteiger partial charge is 0.457 e. The fourth-order valence-corrected chi connectivity index (χ4v) is 5.24. The summed E-state index contributed by atoms with van der Waals surface area (Å²) in [6, 6.07) is 32.2. The number of hydrogen-bond acceptors (Lipinski definition) is 5. The van der Waals surface area contributed by atoms with Crippen molar-refractivity contribution in [3.63, 3.8) is 0 Å². The number of aryl methyl sites for hydroxylation is 1. The van der Waals surface area contributed by atoms with E-state index in [1.165, 1.54) is 0 Å². The summed E-state index contributed by atoms with van der Waals surface area (Å²) >= 11 is 0. The molecule has 5 nitrogen and oxygen atoms in total.